The van der Waals surface area contributed by atoms with E-state index in [0.29, 0.717) is 20.8 Å². The smallest absolute Gasteiger partial charge is 0.314 e. The highest BCUT2D eigenvalue weighted by Crippen LogP contribution is 2.35. The Morgan fingerprint density at radius 3 is 2.50 bits per heavy atom. The van der Waals surface area contributed by atoms with Crippen LogP contribution in [0.1, 0.15) is 21.9 Å². The molecule has 0 unspecified atom stereocenters. The summed E-state index contributed by atoms with van der Waals surface area (Å²) in [6.45, 7) is 1.62. The molecule has 0 aliphatic rings. The van der Waals surface area contributed by atoms with E-state index < -0.39 is 29.0 Å². The first-order valence-corrected chi connectivity index (χ1v) is 11.7. The van der Waals surface area contributed by atoms with Gasteiger partial charge in [-0.25, -0.2) is 14.2 Å². The van der Waals surface area contributed by atoms with Crippen molar-refractivity contribution in [1.82, 2.24) is 24.0 Å². The summed E-state index contributed by atoms with van der Waals surface area (Å²) < 4.78 is 45.0. The van der Waals surface area contributed by atoms with Gasteiger partial charge in [0.2, 0.25) is 0 Å². The SMILES string of the molecule is Cc1c(NC(=O)c2nn3c(C(F)(F)F)cc(-c4cccs4)nc3c2Cl)c(=O)n(-c2ccccc2)n1C. The average Bonchev–Trinajstić information content (AvgIpc) is 3.54. The number of para-hydroxylation sites is 1. The zero-order valence-corrected chi connectivity index (χ0v) is 20.2. The van der Waals surface area contributed by atoms with E-state index in [0.717, 1.165) is 6.07 Å². The third-order valence-electron chi connectivity index (χ3n) is 5.60. The van der Waals surface area contributed by atoms with Crippen molar-refractivity contribution in [1.29, 1.82) is 0 Å². The molecule has 0 fully saturated rings. The zero-order valence-electron chi connectivity index (χ0n) is 18.7. The fraction of sp³-hybridized carbons (Fsp3) is 0.130. The van der Waals surface area contributed by atoms with Crippen LogP contribution in [0.25, 0.3) is 21.9 Å². The first-order chi connectivity index (χ1) is 17.1. The van der Waals surface area contributed by atoms with Gasteiger partial charge in [0.1, 0.15) is 10.7 Å². The third-order valence-corrected chi connectivity index (χ3v) is 6.85. The number of halogens is 4. The monoisotopic (exact) mass is 532 g/mol. The number of hydrogen-bond acceptors (Lipinski definition) is 5. The number of carbonyl (C=O) groups is 1. The van der Waals surface area contributed by atoms with Crippen LogP contribution in [-0.2, 0) is 13.2 Å². The topological polar surface area (TPSA) is 86.2 Å². The Bertz CT molecular complexity index is 1670. The highest BCUT2D eigenvalue weighted by Gasteiger charge is 2.37. The lowest BCUT2D eigenvalue weighted by Crippen LogP contribution is -2.23. The predicted octanol–water partition coefficient (Wildman–Crippen LogP) is 5.18. The molecule has 0 aliphatic heterocycles. The van der Waals surface area contributed by atoms with Crippen molar-refractivity contribution >= 4 is 40.2 Å². The van der Waals surface area contributed by atoms with Gasteiger partial charge in [0.15, 0.2) is 17.0 Å². The molecule has 184 valence electrons. The fourth-order valence-electron chi connectivity index (χ4n) is 3.77. The average molecular weight is 533 g/mol. The summed E-state index contributed by atoms with van der Waals surface area (Å²) >= 11 is 7.53. The molecule has 1 amide bonds. The lowest BCUT2D eigenvalue weighted by Gasteiger charge is -2.10. The first kappa shape index (κ1) is 23.8. The Labute approximate surface area is 210 Å². The van der Waals surface area contributed by atoms with Gasteiger partial charge in [-0.3, -0.25) is 14.3 Å². The number of hydrogen-bond donors (Lipinski definition) is 1. The second-order valence-electron chi connectivity index (χ2n) is 7.79. The second kappa shape index (κ2) is 8.64. The van der Waals surface area contributed by atoms with Crippen molar-refractivity contribution < 1.29 is 18.0 Å². The van der Waals surface area contributed by atoms with E-state index in [9.17, 15) is 22.8 Å². The number of anilines is 1. The van der Waals surface area contributed by atoms with Crippen molar-refractivity contribution in [3.8, 4) is 16.3 Å². The van der Waals surface area contributed by atoms with Crippen molar-refractivity contribution in [2.45, 2.75) is 13.1 Å². The van der Waals surface area contributed by atoms with E-state index in [2.05, 4.69) is 15.4 Å². The maximum Gasteiger partial charge on any atom is 0.433 e. The first-order valence-electron chi connectivity index (χ1n) is 10.4. The maximum absolute atomic E-state index is 13.9. The summed E-state index contributed by atoms with van der Waals surface area (Å²) in [6, 6.07) is 12.9. The van der Waals surface area contributed by atoms with Gasteiger partial charge in [-0.2, -0.15) is 18.3 Å². The van der Waals surface area contributed by atoms with Gasteiger partial charge < -0.3 is 5.32 Å². The molecule has 0 saturated heterocycles. The largest absolute Gasteiger partial charge is 0.433 e. The highest BCUT2D eigenvalue weighted by atomic mass is 35.5. The lowest BCUT2D eigenvalue weighted by atomic mass is 10.2. The third kappa shape index (κ3) is 3.88. The minimum atomic E-state index is -4.80. The quantitative estimate of drug-likeness (QED) is 0.345. The lowest BCUT2D eigenvalue weighted by molar-refractivity contribution is -0.142. The molecule has 0 bridgehead atoms. The van der Waals surface area contributed by atoms with E-state index in [1.165, 1.54) is 16.0 Å². The molecule has 4 heterocycles. The van der Waals surface area contributed by atoms with Crippen LogP contribution >= 0.6 is 22.9 Å². The van der Waals surface area contributed by atoms with Gasteiger partial charge >= 0.3 is 6.18 Å². The Morgan fingerprint density at radius 2 is 1.86 bits per heavy atom. The zero-order chi connectivity index (χ0) is 25.8. The van der Waals surface area contributed by atoms with E-state index in [1.54, 1.807) is 66.5 Å². The number of rotatable bonds is 4. The molecule has 0 saturated carbocycles. The number of nitrogens with zero attached hydrogens (tertiary/aromatic N) is 5. The van der Waals surface area contributed by atoms with Gasteiger partial charge in [0.05, 0.1) is 22.0 Å². The van der Waals surface area contributed by atoms with Crippen LogP contribution in [0, 0.1) is 6.92 Å². The molecule has 1 aromatic carbocycles. The van der Waals surface area contributed by atoms with Gasteiger partial charge in [0.25, 0.3) is 11.5 Å². The summed E-state index contributed by atoms with van der Waals surface area (Å²) in [4.78, 5) is 30.9. The number of thiophene rings is 1. The molecule has 0 atom stereocenters. The Kier molecular flexibility index (Phi) is 5.72. The van der Waals surface area contributed by atoms with Crippen LogP contribution in [0.3, 0.4) is 0 Å². The molecule has 13 heteroatoms. The molecule has 1 N–H and O–H groups in total. The number of nitrogens with one attached hydrogen (secondary N) is 1. The Morgan fingerprint density at radius 1 is 1.14 bits per heavy atom. The van der Waals surface area contributed by atoms with Crippen molar-refractivity contribution in [3.05, 3.63) is 86.4 Å². The van der Waals surface area contributed by atoms with Crippen LogP contribution in [-0.4, -0.2) is 29.9 Å². The highest BCUT2D eigenvalue weighted by molar-refractivity contribution is 7.13. The van der Waals surface area contributed by atoms with Crippen LogP contribution in [0.4, 0.5) is 18.9 Å². The van der Waals surface area contributed by atoms with Crippen LogP contribution in [0.5, 0.6) is 0 Å². The summed E-state index contributed by atoms with van der Waals surface area (Å²) in [5, 5.41) is 7.63. The number of alkyl halides is 3. The second-order valence-corrected chi connectivity index (χ2v) is 9.12. The number of aromatic nitrogens is 5. The van der Waals surface area contributed by atoms with E-state index in [1.807, 2.05) is 0 Å². The molecule has 5 rings (SSSR count). The van der Waals surface area contributed by atoms with Crippen molar-refractivity contribution in [3.63, 3.8) is 0 Å². The number of benzene rings is 1. The number of fused-ring (bicyclic) bond motifs is 1. The normalized spacial score (nSPS) is 11.8. The molecule has 8 nitrogen and oxygen atoms in total. The van der Waals surface area contributed by atoms with Crippen LogP contribution < -0.4 is 10.9 Å². The number of carbonyl (C=O) groups excluding carboxylic acids is 1. The maximum atomic E-state index is 13.9. The molecular formula is C23H16ClF3N6O2S. The van der Waals surface area contributed by atoms with Gasteiger partial charge in [-0.15, -0.1) is 11.3 Å². The Hall–Kier alpha value is -3.90. The summed E-state index contributed by atoms with van der Waals surface area (Å²) in [5.74, 6) is -0.942. The van der Waals surface area contributed by atoms with Gasteiger partial charge in [-0.1, -0.05) is 35.9 Å². The minimum absolute atomic E-state index is 0.0447. The minimum Gasteiger partial charge on any atom is -0.314 e. The standard InChI is InChI=1S/C23H16ClF3N6O2S/c1-12-18(22(35)33(31(12)2)13-7-4-3-5-8-13)29-21(34)19-17(24)20-28-14(15-9-6-10-36-15)11-16(23(25,26)27)32(20)30-19/h3-11H,1-2H3,(H,29,34). The molecule has 5 aromatic rings. The Balaban J connectivity index is 1.60. The van der Waals surface area contributed by atoms with Crippen LogP contribution in [0.15, 0.2) is 58.7 Å². The molecule has 0 spiro atoms. The summed E-state index contributed by atoms with van der Waals surface area (Å²) in [5.41, 5.74) is -1.50. The summed E-state index contributed by atoms with van der Waals surface area (Å²) in [7, 11) is 1.64. The van der Waals surface area contributed by atoms with Gasteiger partial charge in [-0.05, 0) is 36.6 Å². The number of amides is 1. The van der Waals surface area contributed by atoms with Crippen molar-refractivity contribution in [2.75, 3.05) is 5.32 Å². The molecule has 0 radical (unpaired) electrons. The van der Waals surface area contributed by atoms with Crippen LogP contribution in [0.2, 0.25) is 5.02 Å². The molecule has 36 heavy (non-hydrogen) atoms. The van der Waals surface area contributed by atoms with Crippen molar-refractivity contribution in [2.24, 2.45) is 7.05 Å². The molecule has 4 aromatic heterocycles. The van der Waals surface area contributed by atoms with E-state index in [-0.39, 0.29) is 22.1 Å². The fourth-order valence-corrected chi connectivity index (χ4v) is 4.71. The molecule has 0 aliphatic carbocycles. The van der Waals surface area contributed by atoms with E-state index >= 15 is 0 Å². The van der Waals surface area contributed by atoms with Gasteiger partial charge in [0, 0.05) is 7.05 Å². The van der Waals surface area contributed by atoms with E-state index in [4.69, 9.17) is 11.6 Å². The molecular weight excluding hydrogens is 517 g/mol. The summed E-state index contributed by atoms with van der Waals surface area (Å²) in [6.07, 6.45) is -4.80. The predicted molar refractivity (Wildman–Crippen MR) is 130 cm³/mol.